The van der Waals surface area contributed by atoms with Crippen molar-refractivity contribution in [1.29, 1.82) is 0 Å². The fraction of sp³-hybridized carbons (Fsp3) is 0.0741. The lowest BCUT2D eigenvalue weighted by Crippen LogP contribution is -2.11. The van der Waals surface area contributed by atoms with Crippen LogP contribution in [0.4, 0.5) is 34.1 Å². The van der Waals surface area contributed by atoms with Crippen molar-refractivity contribution in [3.63, 3.8) is 0 Å². The molecule has 0 saturated heterocycles. The monoisotopic (exact) mass is 1410 g/mol. The zero-order valence-electron chi connectivity index (χ0n) is 63.7. The molecule has 0 bridgehead atoms. The molecule has 0 aromatic heterocycles. The second-order valence-electron chi connectivity index (χ2n) is 29.9. The summed E-state index contributed by atoms with van der Waals surface area (Å²) in [4.78, 5) is 4.92. The molecule has 2 heteroatoms. The predicted octanol–water partition coefficient (Wildman–Crippen LogP) is 29.5. The van der Waals surface area contributed by atoms with E-state index in [4.69, 9.17) is 0 Å². The molecule has 0 atom stereocenters. The van der Waals surface area contributed by atoms with Gasteiger partial charge < -0.3 is 9.80 Å². The highest BCUT2D eigenvalue weighted by Crippen LogP contribution is 2.50. The minimum absolute atomic E-state index is 1.06. The largest absolute Gasteiger partial charge is 0.310 e. The summed E-state index contributed by atoms with van der Waals surface area (Å²) in [6.07, 6.45) is 9.35. The molecular weight excluding hydrogens is 1330 g/mol. The van der Waals surface area contributed by atoms with Gasteiger partial charge in [-0.15, -0.1) is 0 Å². The van der Waals surface area contributed by atoms with Gasteiger partial charge >= 0.3 is 0 Å². The second kappa shape index (κ2) is 30.1. The second-order valence-corrected chi connectivity index (χ2v) is 29.9. The predicted molar refractivity (Wildman–Crippen MR) is 474 cm³/mol. The molecule has 110 heavy (non-hydrogen) atoms. The van der Waals surface area contributed by atoms with Gasteiger partial charge in [-0.2, -0.15) is 0 Å². The number of nitrogens with zero attached hydrogens (tertiary/aromatic N) is 2. The maximum Gasteiger partial charge on any atom is 0.0540 e. The van der Waals surface area contributed by atoms with Gasteiger partial charge in [0.2, 0.25) is 0 Å². The summed E-state index contributed by atoms with van der Waals surface area (Å²) in [5, 5.41) is 9.67. The molecular formula is C108H86N2. The van der Waals surface area contributed by atoms with E-state index in [2.05, 4.69) is 441 Å². The summed E-state index contributed by atoms with van der Waals surface area (Å²) in [5.41, 5.74) is 35.0. The molecule has 0 aliphatic heterocycles. The van der Waals surface area contributed by atoms with Crippen LogP contribution in [0.2, 0.25) is 0 Å². The van der Waals surface area contributed by atoms with Gasteiger partial charge in [-0.25, -0.2) is 0 Å². The summed E-state index contributed by atoms with van der Waals surface area (Å²) in [6, 6.07) is 131. The van der Waals surface area contributed by atoms with Crippen molar-refractivity contribution in [1.82, 2.24) is 0 Å². The molecule has 0 amide bonds. The van der Waals surface area contributed by atoms with Gasteiger partial charge in [-0.1, -0.05) is 336 Å². The number of benzene rings is 17. The first-order chi connectivity index (χ1) is 53.7. The van der Waals surface area contributed by atoms with Crippen molar-refractivity contribution in [2.24, 2.45) is 0 Å². The standard InChI is InChI=1S/C108H86N2/c1-71-15-39-83(40-16-71)101(84-41-17-72(2)18-42-84)67-79-31-55-91(56-32-79)109(92-57-33-80(34-58-92)68-102(85-43-19-73(3)20-44-85)86-45-21-74(4)22-46-86)105-65-63-97-96-12-10-14-100-106(66-64-98(108(96)100)95-11-9-13-99(105)107(95)97)110(93-59-35-81(36-60-93)69-103(87-47-23-75(5)24-48-87)88-49-25-76(6)26-50-88)94-61-37-82(38-62-94)70-104(89-51-27-77(7)28-52-89)90-53-29-78(8)30-54-90/h9-70H,1-8H3. The molecule has 0 radical (unpaired) electrons. The minimum atomic E-state index is 1.06. The van der Waals surface area contributed by atoms with Gasteiger partial charge in [0.05, 0.1) is 11.4 Å². The Morgan fingerprint density at radius 1 is 0.173 bits per heavy atom. The molecule has 0 saturated carbocycles. The Hall–Kier alpha value is -13.4. The molecule has 2 nitrogen and oxygen atoms in total. The summed E-state index contributed by atoms with van der Waals surface area (Å²) >= 11 is 0. The van der Waals surface area contributed by atoms with E-state index < -0.39 is 0 Å². The van der Waals surface area contributed by atoms with Crippen LogP contribution in [-0.4, -0.2) is 0 Å². The third-order valence-corrected chi connectivity index (χ3v) is 21.8. The van der Waals surface area contributed by atoms with Gasteiger partial charge in [0.25, 0.3) is 0 Å². The van der Waals surface area contributed by atoms with Crippen LogP contribution in [0.15, 0.2) is 352 Å². The zero-order chi connectivity index (χ0) is 74.9. The summed E-state index contributed by atoms with van der Waals surface area (Å²) < 4.78 is 0. The molecule has 17 aromatic carbocycles. The lowest BCUT2D eigenvalue weighted by atomic mass is 9.88. The van der Waals surface area contributed by atoms with Crippen LogP contribution in [0.25, 0.3) is 89.7 Å². The highest BCUT2D eigenvalue weighted by Gasteiger charge is 2.24. The average molecular weight is 1410 g/mol. The number of aryl methyl sites for hydroxylation is 8. The number of hydrogen-bond acceptors (Lipinski definition) is 2. The lowest BCUT2D eigenvalue weighted by Gasteiger charge is -2.29. The van der Waals surface area contributed by atoms with Crippen LogP contribution in [0, 0.1) is 55.4 Å². The number of hydrogen-bond donors (Lipinski definition) is 0. The molecule has 17 aromatic rings. The van der Waals surface area contributed by atoms with E-state index in [1.54, 1.807) is 0 Å². The van der Waals surface area contributed by atoms with Crippen LogP contribution in [0.1, 0.15) is 111 Å². The third-order valence-electron chi connectivity index (χ3n) is 21.8. The van der Waals surface area contributed by atoms with Gasteiger partial charge in [-0.3, -0.25) is 0 Å². The van der Waals surface area contributed by atoms with E-state index in [1.165, 1.54) is 154 Å². The third kappa shape index (κ3) is 14.3. The zero-order valence-corrected chi connectivity index (χ0v) is 63.7. The molecule has 528 valence electrons. The molecule has 0 aliphatic carbocycles. The molecule has 0 spiro atoms. The topological polar surface area (TPSA) is 6.48 Å². The summed E-state index contributed by atoms with van der Waals surface area (Å²) in [5.74, 6) is 0. The Bertz CT molecular complexity index is 5420. The first-order valence-corrected chi connectivity index (χ1v) is 38.3. The fourth-order valence-electron chi connectivity index (χ4n) is 15.7. The Morgan fingerprint density at radius 3 is 0.536 bits per heavy atom. The highest BCUT2D eigenvalue weighted by atomic mass is 15.1. The van der Waals surface area contributed by atoms with Crippen molar-refractivity contribution in [2.75, 3.05) is 9.80 Å². The van der Waals surface area contributed by atoms with Crippen molar-refractivity contribution in [3.05, 3.63) is 463 Å². The first kappa shape index (κ1) is 69.6. The minimum Gasteiger partial charge on any atom is -0.310 e. The molecule has 0 N–H and O–H groups in total. The Balaban J connectivity index is 0.810. The lowest BCUT2D eigenvalue weighted by molar-refractivity contribution is 1.29. The number of anilines is 6. The van der Waals surface area contributed by atoms with Crippen molar-refractivity contribution in [3.8, 4) is 0 Å². The molecule has 0 aliphatic rings. The van der Waals surface area contributed by atoms with Crippen molar-refractivity contribution < 1.29 is 0 Å². The van der Waals surface area contributed by atoms with E-state index in [0.717, 1.165) is 56.4 Å². The van der Waals surface area contributed by atoms with Crippen molar-refractivity contribution >= 4 is 124 Å². The Morgan fingerprint density at radius 2 is 0.345 bits per heavy atom. The van der Waals surface area contributed by atoms with Crippen LogP contribution < -0.4 is 9.80 Å². The van der Waals surface area contributed by atoms with Crippen LogP contribution in [0.5, 0.6) is 0 Å². The average Bonchev–Trinajstić information content (AvgIpc) is 0.707. The van der Waals surface area contributed by atoms with Gasteiger partial charge in [0, 0.05) is 33.5 Å². The van der Waals surface area contributed by atoms with E-state index >= 15 is 0 Å². The van der Waals surface area contributed by atoms with Crippen LogP contribution in [0.3, 0.4) is 0 Å². The maximum absolute atomic E-state index is 2.46. The first-order valence-electron chi connectivity index (χ1n) is 38.3. The summed E-state index contributed by atoms with van der Waals surface area (Å²) in [6.45, 7) is 17.2. The SMILES string of the molecule is Cc1ccc(C(=Cc2ccc(N(c3ccc(C=C(c4ccc(C)cc4)c4ccc(C)cc4)cc3)c3ccc4c5cccc6c(N(c7ccc(C=C(c8ccc(C)cc8)c8ccc(C)cc8)cc7)c7ccc(C=C(c8ccc(C)cc8)c8ccc(C)cc8)cc7)ccc(c7cccc3c74)c65)cc2)c2ccc(C)cc2)cc1. The van der Waals surface area contributed by atoms with Gasteiger partial charge in [0.15, 0.2) is 0 Å². The smallest absolute Gasteiger partial charge is 0.0540 e. The Kier molecular flexibility index (Phi) is 19.1. The Labute approximate surface area is 647 Å². The molecule has 0 fully saturated rings. The van der Waals surface area contributed by atoms with Crippen LogP contribution in [-0.2, 0) is 0 Å². The van der Waals surface area contributed by atoms with E-state index in [0.29, 0.717) is 0 Å². The number of rotatable bonds is 18. The summed E-state index contributed by atoms with van der Waals surface area (Å²) in [7, 11) is 0. The normalized spacial score (nSPS) is 11.3. The quantitative estimate of drug-likeness (QED) is 0.0480. The number of fused-ring (bicyclic) bond motifs is 2. The van der Waals surface area contributed by atoms with E-state index in [1.807, 2.05) is 0 Å². The van der Waals surface area contributed by atoms with Crippen LogP contribution >= 0.6 is 0 Å². The molecule has 0 heterocycles. The maximum atomic E-state index is 2.46. The van der Waals surface area contributed by atoms with E-state index in [-0.39, 0.29) is 0 Å². The van der Waals surface area contributed by atoms with E-state index in [9.17, 15) is 0 Å². The van der Waals surface area contributed by atoms with Gasteiger partial charge in [0.1, 0.15) is 0 Å². The van der Waals surface area contributed by atoms with Crippen molar-refractivity contribution in [2.45, 2.75) is 55.4 Å². The van der Waals surface area contributed by atoms with Gasteiger partial charge in [-0.05, 0) is 262 Å². The highest BCUT2D eigenvalue weighted by molar-refractivity contribution is 6.35. The molecule has 17 rings (SSSR count). The fourth-order valence-corrected chi connectivity index (χ4v) is 15.7. The molecule has 0 unspecified atom stereocenters.